The van der Waals surface area contributed by atoms with Crippen LogP contribution in [-0.4, -0.2) is 27.2 Å². The maximum Gasteiger partial charge on any atom is 0.295 e. The first kappa shape index (κ1) is 12.9. The van der Waals surface area contributed by atoms with Crippen LogP contribution in [0.3, 0.4) is 0 Å². The third-order valence-corrected chi connectivity index (χ3v) is 3.47. The minimum Gasteiger partial charge on any atom is -0.423 e. The maximum absolute atomic E-state index is 11.0. The van der Waals surface area contributed by atoms with E-state index in [9.17, 15) is 4.21 Å². The molecule has 0 amide bonds. The van der Waals surface area contributed by atoms with Gasteiger partial charge in [0.2, 0.25) is 0 Å². The molecule has 1 aromatic carbocycles. The average molecular weight is 267 g/mol. The molecule has 98 valence electrons. The van der Waals surface area contributed by atoms with Crippen LogP contribution in [-0.2, 0) is 10.8 Å². The summed E-state index contributed by atoms with van der Waals surface area (Å²) in [5, 5.41) is 3.15. The number of aromatic nitrogens is 1. The van der Waals surface area contributed by atoms with E-state index in [1.54, 1.807) is 12.3 Å². The normalized spacial score (nSPS) is 14.6. The van der Waals surface area contributed by atoms with E-state index in [4.69, 9.17) is 10.2 Å². The van der Waals surface area contributed by atoms with E-state index < -0.39 is 10.8 Å². The summed E-state index contributed by atoms with van der Waals surface area (Å²) in [7, 11) is -0.774. The third-order valence-electron chi connectivity index (χ3n) is 2.66. The summed E-state index contributed by atoms with van der Waals surface area (Å²) in [6.07, 6.45) is 2.50. The Bertz CT molecular complexity index is 567. The zero-order valence-corrected chi connectivity index (χ0v) is 11.3. The van der Waals surface area contributed by atoms with Crippen LogP contribution in [0, 0.1) is 0 Å². The SMILES string of the molecule is CC(CCS(C)=O)Nc1nc2c(N)cccc2o1. The Morgan fingerprint density at radius 1 is 1.56 bits per heavy atom. The highest BCUT2D eigenvalue weighted by Crippen LogP contribution is 2.24. The molecule has 3 N–H and O–H groups in total. The van der Waals surface area contributed by atoms with Gasteiger partial charge in [-0.25, -0.2) is 0 Å². The third kappa shape index (κ3) is 3.01. The summed E-state index contributed by atoms with van der Waals surface area (Å²) in [4.78, 5) is 4.30. The predicted molar refractivity (Wildman–Crippen MR) is 75.1 cm³/mol. The first-order chi connectivity index (χ1) is 8.56. The second-order valence-corrected chi connectivity index (χ2v) is 5.88. The number of anilines is 2. The number of nitrogens with zero attached hydrogens (tertiary/aromatic N) is 1. The molecule has 0 saturated carbocycles. The van der Waals surface area contributed by atoms with Crippen LogP contribution < -0.4 is 11.1 Å². The summed E-state index contributed by atoms with van der Waals surface area (Å²) in [6.45, 7) is 2.01. The van der Waals surface area contributed by atoms with Crippen molar-refractivity contribution in [2.24, 2.45) is 0 Å². The van der Waals surface area contributed by atoms with Crippen molar-refractivity contribution >= 4 is 33.6 Å². The fourth-order valence-corrected chi connectivity index (χ4v) is 2.34. The number of hydrogen-bond acceptors (Lipinski definition) is 5. The van der Waals surface area contributed by atoms with Gasteiger partial charge in [0.05, 0.1) is 5.69 Å². The van der Waals surface area contributed by atoms with E-state index in [1.165, 1.54) is 0 Å². The van der Waals surface area contributed by atoms with Gasteiger partial charge in [0.15, 0.2) is 5.58 Å². The van der Waals surface area contributed by atoms with E-state index in [1.807, 2.05) is 19.1 Å². The van der Waals surface area contributed by atoms with Gasteiger partial charge in [-0.05, 0) is 25.5 Å². The van der Waals surface area contributed by atoms with Gasteiger partial charge >= 0.3 is 0 Å². The minimum atomic E-state index is -0.774. The number of fused-ring (bicyclic) bond motifs is 1. The van der Waals surface area contributed by atoms with Crippen molar-refractivity contribution in [1.82, 2.24) is 4.98 Å². The minimum absolute atomic E-state index is 0.156. The fraction of sp³-hybridized carbons (Fsp3) is 0.417. The predicted octanol–water partition coefficient (Wildman–Crippen LogP) is 1.98. The van der Waals surface area contributed by atoms with E-state index in [0.29, 0.717) is 28.6 Å². The van der Waals surface area contributed by atoms with Gasteiger partial charge in [-0.15, -0.1) is 0 Å². The Hall–Kier alpha value is -1.56. The molecule has 2 rings (SSSR count). The van der Waals surface area contributed by atoms with Crippen molar-refractivity contribution in [3.05, 3.63) is 18.2 Å². The standard InChI is InChI=1S/C12H17N3O2S/c1-8(6-7-18(2)16)14-12-15-11-9(13)4-3-5-10(11)17-12/h3-5,8H,6-7,13H2,1-2H3,(H,14,15). The maximum atomic E-state index is 11.0. The summed E-state index contributed by atoms with van der Waals surface area (Å²) in [5.41, 5.74) is 7.75. The van der Waals surface area contributed by atoms with E-state index in [0.717, 1.165) is 6.42 Å². The Kier molecular flexibility index (Phi) is 3.86. The van der Waals surface area contributed by atoms with Crippen molar-refractivity contribution in [2.75, 3.05) is 23.1 Å². The smallest absolute Gasteiger partial charge is 0.295 e. The van der Waals surface area contributed by atoms with Gasteiger partial charge in [-0.2, -0.15) is 4.98 Å². The lowest BCUT2D eigenvalue weighted by atomic mass is 10.3. The summed E-state index contributed by atoms with van der Waals surface area (Å²) >= 11 is 0. The molecule has 2 aromatic rings. The van der Waals surface area contributed by atoms with Crippen molar-refractivity contribution < 1.29 is 8.63 Å². The van der Waals surface area contributed by atoms with Gasteiger partial charge in [-0.1, -0.05) is 6.07 Å². The Morgan fingerprint density at radius 2 is 2.33 bits per heavy atom. The molecular weight excluding hydrogens is 250 g/mol. The second kappa shape index (κ2) is 5.39. The highest BCUT2D eigenvalue weighted by Gasteiger charge is 2.10. The lowest BCUT2D eigenvalue weighted by Crippen LogP contribution is -2.17. The van der Waals surface area contributed by atoms with Crippen molar-refractivity contribution in [3.63, 3.8) is 0 Å². The van der Waals surface area contributed by atoms with E-state index in [-0.39, 0.29) is 6.04 Å². The van der Waals surface area contributed by atoms with Crippen LogP contribution in [0.4, 0.5) is 11.7 Å². The van der Waals surface area contributed by atoms with Crippen LogP contribution in [0.5, 0.6) is 0 Å². The number of oxazole rings is 1. The van der Waals surface area contributed by atoms with Crippen molar-refractivity contribution in [1.29, 1.82) is 0 Å². The summed E-state index contributed by atoms with van der Waals surface area (Å²) in [6, 6.07) is 6.06. The molecule has 0 bridgehead atoms. The summed E-state index contributed by atoms with van der Waals surface area (Å²) < 4.78 is 16.6. The fourth-order valence-electron chi connectivity index (χ4n) is 1.66. The van der Waals surface area contributed by atoms with Gasteiger partial charge in [0, 0.05) is 28.9 Å². The van der Waals surface area contributed by atoms with Gasteiger partial charge in [-0.3, -0.25) is 4.21 Å². The average Bonchev–Trinajstić information content (AvgIpc) is 2.70. The molecule has 0 aliphatic heterocycles. The number of nitrogen functional groups attached to an aromatic ring is 1. The lowest BCUT2D eigenvalue weighted by Gasteiger charge is -2.10. The lowest BCUT2D eigenvalue weighted by molar-refractivity contribution is 0.595. The molecule has 1 aromatic heterocycles. The zero-order valence-electron chi connectivity index (χ0n) is 10.5. The Morgan fingerprint density at radius 3 is 3.00 bits per heavy atom. The second-order valence-electron chi connectivity index (χ2n) is 4.32. The van der Waals surface area contributed by atoms with Crippen LogP contribution >= 0.6 is 0 Å². The number of para-hydroxylation sites is 1. The molecule has 1 heterocycles. The molecule has 0 saturated heterocycles. The van der Waals surface area contributed by atoms with Gasteiger partial charge < -0.3 is 15.5 Å². The Labute approximate surface area is 108 Å². The largest absolute Gasteiger partial charge is 0.423 e. The number of hydrogen-bond donors (Lipinski definition) is 2. The quantitative estimate of drug-likeness (QED) is 0.810. The zero-order chi connectivity index (χ0) is 13.1. The molecule has 6 heteroatoms. The molecule has 0 aliphatic rings. The number of nitrogens with one attached hydrogen (secondary N) is 1. The van der Waals surface area contributed by atoms with Crippen LogP contribution in [0.25, 0.3) is 11.1 Å². The molecular formula is C12H17N3O2S. The van der Waals surface area contributed by atoms with Crippen molar-refractivity contribution in [2.45, 2.75) is 19.4 Å². The molecule has 2 unspecified atom stereocenters. The van der Waals surface area contributed by atoms with Crippen molar-refractivity contribution in [3.8, 4) is 0 Å². The number of nitrogens with two attached hydrogens (primary N) is 1. The molecule has 2 atom stereocenters. The topological polar surface area (TPSA) is 81.2 Å². The van der Waals surface area contributed by atoms with E-state index in [2.05, 4.69) is 10.3 Å². The molecule has 0 fully saturated rings. The Balaban J connectivity index is 2.08. The number of benzene rings is 1. The molecule has 0 aliphatic carbocycles. The molecule has 0 radical (unpaired) electrons. The monoisotopic (exact) mass is 267 g/mol. The molecule has 5 nitrogen and oxygen atoms in total. The summed E-state index contributed by atoms with van der Waals surface area (Å²) in [5.74, 6) is 0.663. The highest BCUT2D eigenvalue weighted by molar-refractivity contribution is 7.84. The highest BCUT2D eigenvalue weighted by atomic mass is 32.2. The first-order valence-corrected chi connectivity index (χ1v) is 7.50. The number of rotatable bonds is 5. The van der Waals surface area contributed by atoms with E-state index >= 15 is 0 Å². The van der Waals surface area contributed by atoms with Gasteiger partial charge in [0.25, 0.3) is 6.01 Å². The van der Waals surface area contributed by atoms with Crippen LogP contribution in [0.15, 0.2) is 22.6 Å². The molecule has 0 spiro atoms. The first-order valence-electron chi connectivity index (χ1n) is 5.78. The van der Waals surface area contributed by atoms with Gasteiger partial charge in [0.1, 0.15) is 5.52 Å². The van der Waals surface area contributed by atoms with Crippen LogP contribution in [0.1, 0.15) is 13.3 Å². The van der Waals surface area contributed by atoms with Crippen LogP contribution in [0.2, 0.25) is 0 Å². The molecule has 18 heavy (non-hydrogen) atoms.